The Morgan fingerprint density at radius 3 is 2.32 bits per heavy atom. The first-order chi connectivity index (χ1) is 14.8. The fourth-order valence-electron chi connectivity index (χ4n) is 3.24. The predicted molar refractivity (Wildman–Crippen MR) is 127 cm³/mol. The van der Waals surface area contributed by atoms with Crippen LogP contribution in [0.25, 0.3) is 5.69 Å². The van der Waals surface area contributed by atoms with E-state index in [0.29, 0.717) is 5.95 Å². The number of benzene rings is 2. The molecule has 0 saturated heterocycles. The van der Waals surface area contributed by atoms with E-state index in [4.69, 9.17) is 4.98 Å². The van der Waals surface area contributed by atoms with Crippen LogP contribution < -0.4 is 10.6 Å². The molecule has 6 heteroatoms. The van der Waals surface area contributed by atoms with Gasteiger partial charge >= 0.3 is 0 Å². The van der Waals surface area contributed by atoms with Crippen LogP contribution in [0.4, 0.5) is 23.1 Å². The number of nitrogens with one attached hydrogen (secondary N) is 2. The maximum absolute atomic E-state index is 4.69. The lowest BCUT2D eigenvalue weighted by atomic mass is 9.87. The molecule has 0 aliphatic carbocycles. The van der Waals surface area contributed by atoms with E-state index in [1.54, 1.807) is 0 Å². The highest BCUT2D eigenvalue weighted by molar-refractivity contribution is 5.63. The van der Waals surface area contributed by atoms with Crippen molar-refractivity contribution in [2.24, 2.45) is 0 Å². The third kappa shape index (κ3) is 4.91. The zero-order valence-electron chi connectivity index (χ0n) is 18.6. The van der Waals surface area contributed by atoms with Crippen LogP contribution in [-0.4, -0.2) is 19.5 Å². The summed E-state index contributed by atoms with van der Waals surface area (Å²) < 4.78 is 2.00. The molecule has 0 spiro atoms. The second-order valence-corrected chi connectivity index (χ2v) is 8.78. The van der Waals surface area contributed by atoms with Gasteiger partial charge in [0.2, 0.25) is 5.95 Å². The van der Waals surface area contributed by atoms with Crippen LogP contribution in [0, 0.1) is 13.8 Å². The van der Waals surface area contributed by atoms with Gasteiger partial charge in [0.25, 0.3) is 0 Å². The molecule has 0 amide bonds. The largest absolute Gasteiger partial charge is 0.340 e. The van der Waals surface area contributed by atoms with Gasteiger partial charge < -0.3 is 15.2 Å². The highest BCUT2D eigenvalue weighted by atomic mass is 15.1. The molecular weight excluding hydrogens is 384 g/mol. The summed E-state index contributed by atoms with van der Waals surface area (Å²) in [5.41, 5.74) is 6.33. The molecule has 0 atom stereocenters. The van der Waals surface area contributed by atoms with Crippen molar-refractivity contribution in [3.63, 3.8) is 0 Å². The first-order valence-corrected chi connectivity index (χ1v) is 10.4. The lowest BCUT2D eigenvalue weighted by Crippen LogP contribution is -2.11. The SMILES string of the molecule is Cc1cn(-c2ccc(Nc3ncc(C)c(Nc4cccc(C(C)(C)C)c4)n3)cc2)cn1. The van der Waals surface area contributed by atoms with Crippen LogP contribution in [0.3, 0.4) is 0 Å². The maximum atomic E-state index is 4.69. The number of rotatable bonds is 5. The number of nitrogens with zero attached hydrogens (tertiary/aromatic N) is 4. The summed E-state index contributed by atoms with van der Waals surface area (Å²) in [7, 11) is 0. The van der Waals surface area contributed by atoms with Crippen LogP contribution in [0.1, 0.15) is 37.6 Å². The first-order valence-electron chi connectivity index (χ1n) is 10.4. The lowest BCUT2D eigenvalue weighted by Gasteiger charge is -2.20. The lowest BCUT2D eigenvalue weighted by molar-refractivity contribution is 0.590. The van der Waals surface area contributed by atoms with E-state index in [2.05, 4.69) is 65.6 Å². The summed E-state index contributed by atoms with van der Waals surface area (Å²) in [6.45, 7) is 10.6. The topological polar surface area (TPSA) is 67.7 Å². The Kier molecular flexibility index (Phi) is 5.46. The van der Waals surface area contributed by atoms with E-state index in [-0.39, 0.29) is 5.41 Å². The fraction of sp³-hybridized carbons (Fsp3) is 0.240. The van der Waals surface area contributed by atoms with Gasteiger partial charge in [-0.2, -0.15) is 4.98 Å². The summed E-state index contributed by atoms with van der Waals surface area (Å²) in [6.07, 6.45) is 5.64. The monoisotopic (exact) mass is 412 g/mol. The molecule has 2 N–H and O–H groups in total. The van der Waals surface area contributed by atoms with Crippen molar-refractivity contribution < 1.29 is 0 Å². The van der Waals surface area contributed by atoms with E-state index in [1.807, 2.05) is 61.4 Å². The molecule has 4 aromatic rings. The zero-order chi connectivity index (χ0) is 22.0. The van der Waals surface area contributed by atoms with Crippen LogP contribution in [0.15, 0.2) is 67.3 Å². The minimum Gasteiger partial charge on any atom is -0.340 e. The van der Waals surface area contributed by atoms with Crippen molar-refractivity contribution in [2.45, 2.75) is 40.0 Å². The molecule has 0 aliphatic rings. The second-order valence-electron chi connectivity index (χ2n) is 8.78. The number of aryl methyl sites for hydroxylation is 2. The molecule has 2 aromatic carbocycles. The molecular formula is C25H28N6. The Morgan fingerprint density at radius 1 is 0.871 bits per heavy atom. The van der Waals surface area contributed by atoms with Crippen molar-refractivity contribution >= 4 is 23.1 Å². The summed E-state index contributed by atoms with van der Waals surface area (Å²) in [6, 6.07) is 16.5. The van der Waals surface area contributed by atoms with Crippen molar-refractivity contribution in [1.82, 2.24) is 19.5 Å². The summed E-state index contributed by atoms with van der Waals surface area (Å²) in [5.74, 6) is 1.33. The highest BCUT2D eigenvalue weighted by Gasteiger charge is 2.14. The van der Waals surface area contributed by atoms with E-state index in [1.165, 1.54) is 5.56 Å². The number of imidazole rings is 1. The average molecular weight is 413 g/mol. The predicted octanol–water partition coefficient (Wildman–Crippen LogP) is 6.06. The van der Waals surface area contributed by atoms with Gasteiger partial charge in [-0.3, -0.25) is 0 Å². The van der Waals surface area contributed by atoms with Crippen LogP contribution >= 0.6 is 0 Å². The second kappa shape index (κ2) is 8.22. The molecule has 2 aromatic heterocycles. The van der Waals surface area contributed by atoms with Crippen LogP contribution in [0.2, 0.25) is 0 Å². The van der Waals surface area contributed by atoms with Crippen LogP contribution in [0.5, 0.6) is 0 Å². The van der Waals surface area contributed by atoms with Gasteiger partial charge in [0.05, 0.1) is 12.0 Å². The standard InChI is InChI=1S/C25H28N6/c1-17-14-26-24(29-20-9-11-22(12-10-20)31-15-18(2)27-16-31)30-23(17)28-21-8-6-7-19(13-21)25(3,4)5/h6-16H,1-5H3,(H2,26,28,29,30). The Balaban J connectivity index is 1.52. The van der Waals surface area contributed by atoms with Gasteiger partial charge in [0.1, 0.15) is 5.82 Å². The maximum Gasteiger partial charge on any atom is 0.229 e. The molecule has 0 unspecified atom stereocenters. The Labute approximate surface area is 183 Å². The van der Waals surface area contributed by atoms with E-state index in [0.717, 1.165) is 34.1 Å². The zero-order valence-corrected chi connectivity index (χ0v) is 18.6. The van der Waals surface area contributed by atoms with E-state index < -0.39 is 0 Å². The first kappa shape index (κ1) is 20.6. The summed E-state index contributed by atoms with van der Waals surface area (Å²) in [5, 5.41) is 6.73. The minimum atomic E-state index is 0.0900. The molecule has 0 saturated carbocycles. The van der Waals surface area contributed by atoms with Gasteiger partial charge in [-0.1, -0.05) is 32.9 Å². The molecule has 2 heterocycles. The minimum absolute atomic E-state index is 0.0900. The van der Waals surface area contributed by atoms with Gasteiger partial charge in [-0.25, -0.2) is 9.97 Å². The Hall–Kier alpha value is -3.67. The molecule has 6 nitrogen and oxygen atoms in total. The van der Waals surface area contributed by atoms with Gasteiger partial charge in [0.15, 0.2) is 0 Å². The molecule has 4 rings (SSSR count). The van der Waals surface area contributed by atoms with Gasteiger partial charge in [0, 0.05) is 35.0 Å². The third-order valence-corrected chi connectivity index (χ3v) is 5.10. The smallest absolute Gasteiger partial charge is 0.229 e. The number of hydrogen-bond acceptors (Lipinski definition) is 5. The Bertz CT molecular complexity index is 1190. The van der Waals surface area contributed by atoms with E-state index >= 15 is 0 Å². The quantitative estimate of drug-likeness (QED) is 0.417. The molecule has 0 aliphatic heterocycles. The molecule has 0 bridgehead atoms. The van der Waals surface area contributed by atoms with Crippen molar-refractivity contribution in [2.75, 3.05) is 10.6 Å². The van der Waals surface area contributed by atoms with Crippen molar-refractivity contribution in [3.8, 4) is 5.69 Å². The number of anilines is 4. The average Bonchev–Trinajstić information content (AvgIpc) is 3.17. The van der Waals surface area contributed by atoms with Crippen molar-refractivity contribution in [3.05, 3.63) is 84.1 Å². The van der Waals surface area contributed by atoms with Crippen molar-refractivity contribution in [1.29, 1.82) is 0 Å². The van der Waals surface area contributed by atoms with Gasteiger partial charge in [-0.05, 0) is 61.2 Å². The molecule has 31 heavy (non-hydrogen) atoms. The summed E-state index contributed by atoms with van der Waals surface area (Å²) in [4.78, 5) is 13.4. The molecule has 158 valence electrons. The van der Waals surface area contributed by atoms with E-state index in [9.17, 15) is 0 Å². The van der Waals surface area contributed by atoms with Crippen LogP contribution in [-0.2, 0) is 5.41 Å². The fourth-order valence-corrected chi connectivity index (χ4v) is 3.24. The number of hydrogen-bond donors (Lipinski definition) is 2. The Morgan fingerprint density at radius 2 is 1.65 bits per heavy atom. The molecule has 0 fully saturated rings. The molecule has 0 radical (unpaired) electrons. The summed E-state index contributed by atoms with van der Waals surface area (Å²) >= 11 is 0. The highest BCUT2D eigenvalue weighted by Crippen LogP contribution is 2.27. The third-order valence-electron chi connectivity index (χ3n) is 5.10. The number of aromatic nitrogens is 4. The van der Waals surface area contributed by atoms with Gasteiger partial charge in [-0.15, -0.1) is 0 Å². The normalized spacial score (nSPS) is 11.4.